The number of nitriles is 1. The Kier molecular flexibility index (Phi) is 5.52. The summed E-state index contributed by atoms with van der Waals surface area (Å²) in [6.07, 6.45) is 1.36. The fourth-order valence-electron chi connectivity index (χ4n) is 2.24. The van der Waals surface area contributed by atoms with Crippen LogP contribution in [-0.4, -0.2) is 12.7 Å². The maximum atomic E-state index is 12.2. The van der Waals surface area contributed by atoms with Crippen LogP contribution in [0.15, 0.2) is 48.2 Å². The third kappa shape index (κ3) is 4.20. The lowest BCUT2D eigenvalue weighted by Gasteiger charge is -2.07. The van der Waals surface area contributed by atoms with Gasteiger partial charge in [-0.1, -0.05) is 29.3 Å². The highest BCUT2D eigenvalue weighted by atomic mass is 35.5. The van der Waals surface area contributed by atoms with Crippen molar-refractivity contribution in [3.63, 3.8) is 0 Å². The van der Waals surface area contributed by atoms with Crippen LogP contribution in [0.5, 0.6) is 11.5 Å². The Balaban J connectivity index is 1.61. The van der Waals surface area contributed by atoms with Crippen molar-refractivity contribution < 1.29 is 14.3 Å². The second-order valence-corrected chi connectivity index (χ2v) is 6.14. The number of rotatable bonds is 5. The SMILES string of the molecule is N#C/C(=C/NCc1ccc2c(c1)OCO2)C(=O)Nc1ccc(Cl)c(Cl)c1. The van der Waals surface area contributed by atoms with Crippen molar-refractivity contribution in [3.8, 4) is 17.6 Å². The molecule has 0 aliphatic carbocycles. The van der Waals surface area contributed by atoms with Gasteiger partial charge in [-0.2, -0.15) is 5.26 Å². The van der Waals surface area contributed by atoms with E-state index >= 15 is 0 Å². The minimum absolute atomic E-state index is 0.0724. The summed E-state index contributed by atoms with van der Waals surface area (Å²) in [4.78, 5) is 12.2. The summed E-state index contributed by atoms with van der Waals surface area (Å²) in [5.74, 6) is 0.818. The zero-order valence-electron chi connectivity index (χ0n) is 13.4. The second-order valence-electron chi connectivity index (χ2n) is 5.32. The van der Waals surface area contributed by atoms with Crippen molar-refractivity contribution in [1.29, 1.82) is 5.26 Å². The van der Waals surface area contributed by atoms with E-state index in [4.69, 9.17) is 32.7 Å². The minimum atomic E-state index is -0.552. The summed E-state index contributed by atoms with van der Waals surface area (Å²) < 4.78 is 10.6. The quantitative estimate of drug-likeness (QED) is 0.599. The highest BCUT2D eigenvalue weighted by Crippen LogP contribution is 2.32. The van der Waals surface area contributed by atoms with Gasteiger partial charge in [0.1, 0.15) is 11.6 Å². The molecule has 6 nitrogen and oxygen atoms in total. The van der Waals surface area contributed by atoms with Crippen LogP contribution in [0.1, 0.15) is 5.56 Å². The average Bonchev–Trinajstić information content (AvgIpc) is 3.09. The monoisotopic (exact) mass is 389 g/mol. The number of nitrogens with zero attached hydrogens (tertiary/aromatic N) is 1. The van der Waals surface area contributed by atoms with E-state index in [9.17, 15) is 10.1 Å². The van der Waals surface area contributed by atoms with Crippen molar-refractivity contribution in [2.24, 2.45) is 0 Å². The molecule has 2 aromatic carbocycles. The molecule has 0 saturated carbocycles. The number of carbonyl (C=O) groups is 1. The van der Waals surface area contributed by atoms with E-state index in [0.717, 1.165) is 5.56 Å². The number of halogens is 2. The van der Waals surface area contributed by atoms with Crippen LogP contribution in [0.3, 0.4) is 0 Å². The number of carbonyl (C=O) groups excluding carboxylic acids is 1. The Hall–Kier alpha value is -2.88. The minimum Gasteiger partial charge on any atom is -0.454 e. The largest absolute Gasteiger partial charge is 0.454 e. The van der Waals surface area contributed by atoms with Crippen molar-refractivity contribution in [2.45, 2.75) is 6.54 Å². The second kappa shape index (κ2) is 8.00. The van der Waals surface area contributed by atoms with Gasteiger partial charge in [-0.25, -0.2) is 0 Å². The Labute approximate surface area is 159 Å². The lowest BCUT2D eigenvalue weighted by Crippen LogP contribution is -2.16. The first-order chi connectivity index (χ1) is 12.6. The van der Waals surface area contributed by atoms with Crippen LogP contribution in [0.2, 0.25) is 10.0 Å². The number of ether oxygens (including phenoxy) is 2. The molecule has 1 aliphatic heterocycles. The number of hydrogen-bond acceptors (Lipinski definition) is 5. The molecule has 0 fully saturated rings. The molecule has 0 bridgehead atoms. The van der Waals surface area contributed by atoms with Crippen molar-refractivity contribution in [2.75, 3.05) is 12.1 Å². The molecule has 1 heterocycles. The summed E-state index contributed by atoms with van der Waals surface area (Å²) in [5, 5.41) is 15.4. The summed E-state index contributed by atoms with van der Waals surface area (Å²) in [7, 11) is 0. The number of hydrogen-bond donors (Lipinski definition) is 2. The highest BCUT2D eigenvalue weighted by molar-refractivity contribution is 6.42. The Morgan fingerprint density at radius 2 is 1.96 bits per heavy atom. The Morgan fingerprint density at radius 1 is 1.15 bits per heavy atom. The number of amides is 1. The van der Waals surface area contributed by atoms with Gasteiger partial charge in [0.15, 0.2) is 11.5 Å². The summed E-state index contributed by atoms with van der Waals surface area (Å²) in [6, 6.07) is 12.1. The third-order valence-electron chi connectivity index (χ3n) is 3.53. The van der Waals surface area contributed by atoms with E-state index in [0.29, 0.717) is 33.8 Å². The van der Waals surface area contributed by atoms with E-state index in [2.05, 4.69) is 10.6 Å². The van der Waals surface area contributed by atoms with E-state index in [1.54, 1.807) is 12.1 Å². The summed E-state index contributed by atoms with van der Waals surface area (Å²) >= 11 is 11.7. The first-order valence-corrected chi connectivity index (χ1v) is 8.31. The van der Waals surface area contributed by atoms with Gasteiger partial charge in [-0.05, 0) is 35.9 Å². The van der Waals surface area contributed by atoms with Crippen molar-refractivity contribution in [1.82, 2.24) is 5.32 Å². The summed E-state index contributed by atoms with van der Waals surface area (Å²) in [5.41, 5.74) is 1.30. The maximum Gasteiger partial charge on any atom is 0.267 e. The molecular formula is C18H13Cl2N3O3. The smallest absolute Gasteiger partial charge is 0.267 e. The van der Waals surface area contributed by atoms with Crippen LogP contribution in [0, 0.1) is 11.3 Å². The third-order valence-corrected chi connectivity index (χ3v) is 4.27. The van der Waals surface area contributed by atoms with Crippen molar-refractivity contribution in [3.05, 3.63) is 63.8 Å². The maximum absolute atomic E-state index is 12.2. The summed E-state index contributed by atoms with van der Waals surface area (Å²) in [6.45, 7) is 0.626. The number of fused-ring (bicyclic) bond motifs is 1. The zero-order valence-corrected chi connectivity index (χ0v) is 14.9. The van der Waals surface area contributed by atoms with E-state index < -0.39 is 5.91 Å². The molecule has 26 heavy (non-hydrogen) atoms. The standard InChI is InChI=1S/C18H13Cl2N3O3/c19-14-3-2-13(6-15(14)20)23-18(24)12(7-21)9-22-8-11-1-4-16-17(5-11)26-10-25-16/h1-6,9,22H,8,10H2,(H,23,24)/b12-9-. The molecule has 0 radical (unpaired) electrons. The predicted molar refractivity (Wildman–Crippen MR) is 98.2 cm³/mol. The average molecular weight is 390 g/mol. The van der Waals surface area contributed by atoms with E-state index in [1.165, 1.54) is 12.3 Å². The molecule has 2 N–H and O–H groups in total. The molecule has 1 aliphatic rings. The van der Waals surface area contributed by atoms with Gasteiger partial charge in [-0.3, -0.25) is 4.79 Å². The van der Waals surface area contributed by atoms with E-state index in [1.807, 2.05) is 24.3 Å². The molecule has 8 heteroatoms. The molecule has 0 atom stereocenters. The Morgan fingerprint density at radius 3 is 2.73 bits per heavy atom. The molecule has 1 amide bonds. The molecule has 0 aromatic heterocycles. The van der Waals surface area contributed by atoms with Gasteiger partial charge < -0.3 is 20.1 Å². The first kappa shape index (κ1) is 17.9. The molecular weight excluding hydrogens is 377 g/mol. The zero-order chi connectivity index (χ0) is 18.5. The number of nitrogens with one attached hydrogen (secondary N) is 2. The van der Waals surface area contributed by atoms with Gasteiger partial charge in [0.25, 0.3) is 5.91 Å². The first-order valence-electron chi connectivity index (χ1n) is 7.55. The fraction of sp³-hybridized carbons (Fsp3) is 0.111. The van der Waals surface area contributed by atoms with Crippen LogP contribution in [-0.2, 0) is 11.3 Å². The van der Waals surface area contributed by atoms with Crippen LogP contribution in [0.4, 0.5) is 5.69 Å². The topological polar surface area (TPSA) is 83.4 Å². The molecule has 0 spiro atoms. The van der Waals surface area contributed by atoms with Crippen molar-refractivity contribution >= 4 is 34.8 Å². The van der Waals surface area contributed by atoms with Gasteiger partial charge in [0.05, 0.1) is 10.0 Å². The highest BCUT2D eigenvalue weighted by Gasteiger charge is 2.13. The molecule has 0 unspecified atom stereocenters. The van der Waals surface area contributed by atoms with Crippen LogP contribution >= 0.6 is 23.2 Å². The van der Waals surface area contributed by atoms with Gasteiger partial charge >= 0.3 is 0 Å². The molecule has 0 saturated heterocycles. The van der Waals surface area contributed by atoms with E-state index in [-0.39, 0.29) is 12.4 Å². The molecule has 132 valence electrons. The Bertz CT molecular complexity index is 922. The van der Waals surface area contributed by atoms with Gasteiger partial charge in [0, 0.05) is 18.4 Å². The van der Waals surface area contributed by atoms with Gasteiger partial charge in [-0.15, -0.1) is 0 Å². The van der Waals surface area contributed by atoms with Crippen LogP contribution < -0.4 is 20.1 Å². The fourth-order valence-corrected chi connectivity index (χ4v) is 2.54. The lowest BCUT2D eigenvalue weighted by atomic mass is 10.2. The normalized spacial score (nSPS) is 12.4. The number of anilines is 1. The molecule has 2 aromatic rings. The lowest BCUT2D eigenvalue weighted by molar-refractivity contribution is -0.112. The number of benzene rings is 2. The van der Waals surface area contributed by atoms with Gasteiger partial charge in [0.2, 0.25) is 6.79 Å². The molecule has 3 rings (SSSR count). The van der Waals surface area contributed by atoms with Crippen LogP contribution in [0.25, 0.3) is 0 Å². The predicted octanol–water partition coefficient (Wildman–Crippen LogP) is 3.86.